The van der Waals surface area contributed by atoms with Crippen molar-refractivity contribution in [3.8, 4) is 0 Å². The summed E-state index contributed by atoms with van der Waals surface area (Å²) in [5.41, 5.74) is 5.65. The molecule has 2 radical (unpaired) electrons. The Bertz CT molecular complexity index is 155. The minimum absolute atomic E-state index is 0. The van der Waals surface area contributed by atoms with Gasteiger partial charge >= 0.3 is 81.1 Å². The van der Waals surface area contributed by atoms with Crippen molar-refractivity contribution in [2.24, 2.45) is 11.7 Å². The molecule has 0 saturated carbocycles. The first-order valence-electron chi connectivity index (χ1n) is 4.07. The van der Waals surface area contributed by atoms with Gasteiger partial charge in [0.25, 0.3) is 0 Å². The van der Waals surface area contributed by atoms with E-state index in [-0.39, 0.29) is 34.2 Å². The third kappa shape index (κ3) is 8.95. The first-order valence-corrected chi connectivity index (χ1v) is 4.92. The predicted molar refractivity (Wildman–Crippen MR) is 48.8 cm³/mol. The van der Waals surface area contributed by atoms with Gasteiger partial charge in [0, 0.05) is 17.1 Å². The molecule has 0 bridgehead atoms. The number of aliphatic hydroxyl groups is 1. The van der Waals surface area contributed by atoms with E-state index >= 15 is 0 Å². The van der Waals surface area contributed by atoms with E-state index in [1.54, 1.807) is 0 Å². The fourth-order valence-corrected chi connectivity index (χ4v) is 1.38. The average molecular weight is 292 g/mol. The van der Waals surface area contributed by atoms with E-state index in [1.165, 1.54) is 0 Å². The van der Waals surface area contributed by atoms with Gasteiger partial charge in [0.1, 0.15) is 0 Å². The number of aliphatic hydroxyl groups excluding tert-OH is 1. The molecule has 0 spiro atoms. The summed E-state index contributed by atoms with van der Waals surface area (Å²) in [7, 11) is 0. The Kier molecular flexibility index (Phi) is 9.87. The zero-order chi connectivity index (χ0) is 9.72. The van der Waals surface area contributed by atoms with E-state index in [1.807, 2.05) is 13.8 Å². The molecule has 0 aliphatic carbocycles. The molecule has 0 amide bonds. The smallest absolute Gasteiger partial charge is 0 e. The number of hydrogen-bond acceptors (Lipinski definition) is 3. The van der Waals surface area contributed by atoms with E-state index in [4.69, 9.17) is 5.73 Å². The molecule has 5 heteroatoms. The summed E-state index contributed by atoms with van der Waals surface area (Å²) in [4.78, 5) is 10.6. The molecule has 0 aromatic carbocycles. The van der Waals surface area contributed by atoms with Gasteiger partial charge in [-0.3, -0.25) is 0 Å². The molecule has 0 saturated heterocycles. The van der Waals surface area contributed by atoms with Gasteiger partial charge in [-0.15, -0.1) is 0 Å². The van der Waals surface area contributed by atoms with Crippen LogP contribution in [0.25, 0.3) is 0 Å². The largest absolute Gasteiger partial charge is 0 e. The third-order valence-corrected chi connectivity index (χ3v) is 1.96. The second-order valence-electron chi connectivity index (χ2n) is 3.44. The summed E-state index contributed by atoms with van der Waals surface area (Å²) in [6.45, 7) is 4.07. The van der Waals surface area contributed by atoms with Crippen LogP contribution < -0.4 is 5.73 Å². The molecule has 0 aromatic heterocycles. The molecule has 0 aliphatic heterocycles. The Morgan fingerprint density at radius 2 is 2.00 bits per heavy atom. The second-order valence-corrected chi connectivity index (χ2v) is 4.39. The standard InChI is InChI=1S/C8H16NO2Se.Mn/c1-5(2)3-6(9)7(10)4-8(11)12;/h5-7,10H,3-4,9H2,1-2H3;/t6-,7-;/m0./s1. The Balaban J connectivity index is 0. The summed E-state index contributed by atoms with van der Waals surface area (Å²) in [6, 6.07) is -0.290. The number of rotatable bonds is 5. The number of carbonyl (C=O) groups is 1. The zero-order valence-corrected chi connectivity index (χ0v) is 10.8. The Hall–Kier alpha value is 0.629. The van der Waals surface area contributed by atoms with Gasteiger partial charge in [-0.25, -0.2) is 0 Å². The third-order valence-electron chi connectivity index (χ3n) is 1.61. The van der Waals surface area contributed by atoms with Crippen molar-refractivity contribution in [1.29, 1.82) is 0 Å². The molecule has 0 rings (SSSR count). The zero-order valence-electron chi connectivity index (χ0n) is 7.87. The summed E-state index contributed by atoms with van der Waals surface area (Å²) in [6.07, 6.45) is 0.156. The van der Waals surface area contributed by atoms with Crippen molar-refractivity contribution < 1.29 is 27.0 Å². The summed E-state index contributed by atoms with van der Waals surface area (Å²) in [5, 5.41) is 9.37. The Morgan fingerprint density at radius 3 is 2.31 bits per heavy atom. The van der Waals surface area contributed by atoms with E-state index in [0.29, 0.717) is 5.92 Å². The molecule has 2 atom stereocenters. The molecular weight excluding hydrogens is 276 g/mol. The van der Waals surface area contributed by atoms with Crippen LogP contribution in [-0.4, -0.2) is 37.9 Å². The van der Waals surface area contributed by atoms with Gasteiger partial charge in [-0.05, 0) is 0 Å². The quantitative estimate of drug-likeness (QED) is 0.690. The van der Waals surface area contributed by atoms with Gasteiger partial charge < -0.3 is 0 Å². The predicted octanol–water partition coefficient (Wildman–Crippen LogP) is -0.197. The normalized spacial score (nSPS) is 14.8. The monoisotopic (exact) mass is 293 g/mol. The van der Waals surface area contributed by atoms with Crippen molar-refractivity contribution in [3.05, 3.63) is 0 Å². The molecular formula is C8H16MnNO2Se. The minimum Gasteiger partial charge on any atom is 0 e. The van der Waals surface area contributed by atoms with Crippen LogP contribution in [0, 0.1) is 5.92 Å². The molecule has 0 heterocycles. The molecule has 3 nitrogen and oxygen atoms in total. The number of nitrogens with two attached hydrogens (primary N) is 1. The minimum atomic E-state index is -0.707. The van der Waals surface area contributed by atoms with Gasteiger partial charge in [0.05, 0.1) is 0 Å². The molecule has 78 valence electrons. The van der Waals surface area contributed by atoms with E-state index in [0.717, 1.165) is 6.42 Å². The number of carbonyl (C=O) groups excluding carboxylic acids is 1. The van der Waals surface area contributed by atoms with E-state index in [2.05, 4.69) is 16.0 Å². The SMILES string of the molecule is CC(C)C[C@H](N)[C@@H](O)CC(=O)[Se].[Mn]. The fourth-order valence-electron chi connectivity index (χ4n) is 1.02. The van der Waals surface area contributed by atoms with Gasteiger partial charge in [0.2, 0.25) is 0 Å². The Morgan fingerprint density at radius 1 is 1.54 bits per heavy atom. The van der Waals surface area contributed by atoms with Gasteiger partial charge in [0.15, 0.2) is 0 Å². The van der Waals surface area contributed by atoms with Crippen LogP contribution >= 0.6 is 0 Å². The van der Waals surface area contributed by atoms with E-state index < -0.39 is 6.10 Å². The van der Waals surface area contributed by atoms with E-state index in [9.17, 15) is 9.90 Å². The van der Waals surface area contributed by atoms with Crippen molar-refractivity contribution in [2.75, 3.05) is 0 Å². The first kappa shape index (κ1) is 16.1. The molecule has 0 unspecified atom stereocenters. The summed E-state index contributed by atoms with van der Waals surface area (Å²) < 4.78 is -0.137. The van der Waals surface area contributed by atoms with Crippen LogP contribution in [0.15, 0.2) is 0 Å². The maximum atomic E-state index is 10.6. The van der Waals surface area contributed by atoms with Crippen LogP contribution in [-0.2, 0) is 21.9 Å². The molecule has 3 N–H and O–H groups in total. The molecule has 0 fully saturated rings. The summed E-state index contributed by atoms with van der Waals surface area (Å²) in [5.74, 6) is 0.450. The van der Waals surface area contributed by atoms with Crippen molar-refractivity contribution in [1.82, 2.24) is 0 Å². The maximum Gasteiger partial charge on any atom is 0 e. The average Bonchev–Trinajstić information content (AvgIpc) is 1.84. The molecule has 0 aromatic rings. The molecule has 13 heavy (non-hydrogen) atoms. The van der Waals surface area contributed by atoms with Crippen molar-refractivity contribution >= 4 is 20.7 Å². The maximum absolute atomic E-state index is 10.6. The van der Waals surface area contributed by atoms with Gasteiger partial charge in [-0.1, -0.05) is 0 Å². The first-order chi connectivity index (χ1) is 5.43. The van der Waals surface area contributed by atoms with Gasteiger partial charge in [-0.2, -0.15) is 0 Å². The van der Waals surface area contributed by atoms with Crippen LogP contribution in [0.2, 0.25) is 0 Å². The summed E-state index contributed by atoms with van der Waals surface area (Å²) >= 11 is 2.32. The fraction of sp³-hybridized carbons (Fsp3) is 0.875. The van der Waals surface area contributed by atoms with Crippen LogP contribution in [0.5, 0.6) is 0 Å². The second kappa shape index (κ2) is 7.98. The van der Waals surface area contributed by atoms with Crippen molar-refractivity contribution in [2.45, 2.75) is 38.8 Å². The van der Waals surface area contributed by atoms with Crippen LogP contribution in [0.4, 0.5) is 0 Å². The van der Waals surface area contributed by atoms with Crippen LogP contribution in [0.1, 0.15) is 26.7 Å². The van der Waals surface area contributed by atoms with Crippen molar-refractivity contribution in [3.63, 3.8) is 0 Å². The topological polar surface area (TPSA) is 63.3 Å². The molecule has 0 aliphatic rings. The Labute approximate surface area is 98.1 Å². The number of hydrogen-bond donors (Lipinski definition) is 2. The van der Waals surface area contributed by atoms with Crippen LogP contribution in [0.3, 0.4) is 0 Å².